The average Bonchev–Trinajstić information content (AvgIpc) is 2.50. The quantitative estimate of drug-likeness (QED) is 0.736. The van der Waals surface area contributed by atoms with Gasteiger partial charge in [0.05, 0.1) is 5.41 Å². The fourth-order valence-electron chi connectivity index (χ4n) is 1.92. The lowest BCUT2D eigenvalue weighted by Crippen LogP contribution is -2.28. The molecule has 1 aliphatic rings. The number of rotatable bonds is 4. The number of hydrogen-bond donors (Lipinski definition) is 1. The molecular weight excluding hydrogens is 172 g/mol. The summed E-state index contributed by atoms with van der Waals surface area (Å²) >= 11 is 1.74. The zero-order valence-electron chi connectivity index (χ0n) is 7.51. The first kappa shape index (κ1) is 9.90. The molecule has 1 fully saturated rings. The van der Waals surface area contributed by atoms with Crippen molar-refractivity contribution in [2.45, 2.75) is 32.1 Å². The Labute approximate surface area is 77.7 Å². The van der Waals surface area contributed by atoms with E-state index in [9.17, 15) is 4.79 Å². The summed E-state index contributed by atoms with van der Waals surface area (Å²) in [5.74, 6) is 0.404. The van der Waals surface area contributed by atoms with Gasteiger partial charge in [0.2, 0.25) is 0 Å². The SMILES string of the molecule is CSCCC1(C(=O)O)CCCC1. The number of aliphatic carboxylic acids is 1. The fraction of sp³-hybridized carbons (Fsp3) is 0.889. The van der Waals surface area contributed by atoms with Crippen LogP contribution in [0.15, 0.2) is 0 Å². The second-order valence-electron chi connectivity index (χ2n) is 3.54. The molecule has 0 aliphatic heterocycles. The van der Waals surface area contributed by atoms with Crippen molar-refractivity contribution in [2.75, 3.05) is 12.0 Å². The topological polar surface area (TPSA) is 37.3 Å². The summed E-state index contributed by atoms with van der Waals surface area (Å²) in [5.41, 5.74) is -0.358. The number of thioether (sulfide) groups is 1. The van der Waals surface area contributed by atoms with E-state index in [0.717, 1.165) is 37.9 Å². The average molecular weight is 188 g/mol. The molecule has 1 aliphatic carbocycles. The molecule has 0 spiro atoms. The predicted octanol–water partition coefficient (Wildman–Crippen LogP) is 2.38. The molecule has 0 bridgehead atoms. The molecule has 1 saturated carbocycles. The highest BCUT2D eigenvalue weighted by molar-refractivity contribution is 7.98. The third-order valence-electron chi connectivity index (χ3n) is 2.80. The molecule has 12 heavy (non-hydrogen) atoms. The van der Waals surface area contributed by atoms with E-state index in [1.807, 2.05) is 6.26 Å². The van der Waals surface area contributed by atoms with Gasteiger partial charge in [-0.15, -0.1) is 0 Å². The van der Waals surface area contributed by atoms with E-state index >= 15 is 0 Å². The van der Waals surface area contributed by atoms with Crippen LogP contribution in [-0.2, 0) is 4.79 Å². The zero-order chi connectivity index (χ0) is 9.03. The maximum absolute atomic E-state index is 11.0. The summed E-state index contributed by atoms with van der Waals surface area (Å²) in [5, 5.41) is 9.08. The monoisotopic (exact) mass is 188 g/mol. The third kappa shape index (κ3) is 1.94. The number of hydrogen-bond acceptors (Lipinski definition) is 2. The molecule has 0 radical (unpaired) electrons. The van der Waals surface area contributed by atoms with Crippen LogP contribution in [0.4, 0.5) is 0 Å². The highest BCUT2D eigenvalue weighted by Crippen LogP contribution is 2.41. The lowest BCUT2D eigenvalue weighted by Gasteiger charge is -2.22. The van der Waals surface area contributed by atoms with Crippen molar-refractivity contribution in [2.24, 2.45) is 5.41 Å². The van der Waals surface area contributed by atoms with Crippen LogP contribution < -0.4 is 0 Å². The summed E-state index contributed by atoms with van der Waals surface area (Å²) in [7, 11) is 0. The first-order valence-corrected chi connectivity index (χ1v) is 5.83. The fourth-order valence-corrected chi connectivity index (χ4v) is 2.51. The van der Waals surface area contributed by atoms with E-state index in [1.165, 1.54) is 0 Å². The Balaban J connectivity index is 2.53. The van der Waals surface area contributed by atoms with E-state index < -0.39 is 5.97 Å². The molecule has 0 heterocycles. The first-order valence-electron chi connectivity index (χ1n) is 4.44. The molecule has 0 atom stereocenters. The van der Waals surface area contributed by atoms with Gasteiger partial charge in [-0.3, -0.25) is 4.79 Å². The molecule has 0 unspecified atom stereocenters. The Morgan fingerprint density at radius 2 is 2.08 bits per heavy atom. The minimum absolute atomic E-state index is 0.358. The van der Waals surface area contributed by atoms with E-state index in [0.29, 0.717) is 0 Å². The largest absolute Gasteiger partial charge is 0.481 e. The maximum atomic E-state index is 11.0. The van der Waals surface area contributed by atoms with Crippen molar-refractivity contribution in [1.29, 1.82) is 0 Å². The lowest BCUT2D eigenvalue weighted by atomic mass is 9.84. The molecule has 0 aromatic heterocycles. The Morgan fingerprint density at radius 1 is 1.50 bits per heavy atom. The van der Waals surface area contributed by atoms with Crippen molar-refractivity contribution < 1.29 is 9.90 Å². The molecular formula is C9H16O2S. The van der Waals surface area contributed by atoms with Gasteiger partial charge < -0.3 is 5.11 Å². The Kier molecular flexibility index (Phi) is 3.44. The van der Waals surface area contributed by atoms with Gasteiger partial charge in [0.25, 0.3) is 0 Å². The summed E-state index contributed by atoms with van der Waals surface area (Å²) in [6, 6.07) is 0. The van der Waals surface area contributed by atoms with Gasteiger partial charge in [0.15, 0.2) is 0 Å². The van der Waals surface area contributed by atoms with Gasteiger partial charge in [-0.2, -0.15) is 11.8 Å². The van der Waals surface area contributed by atoms with Gasteiger partial charge in [0.1, 0.15) is 0 Å². The summed E-state index contributed by atoms with van der Waals surface area (Å²) in [6.45, 7) is 0. The van der Waals surface area contributed by atoms with E-state index in [-0.39, 0.29) is 5.41 Å². The van der Waals surface area contributed by atoms with E-state index in [4.69, 9.17) is 5.11 Å². The Morgan fingerprint density at radius 3 is 2.50 bits per heavy atom. The molecule has 0 aromatic rings. The molecule has 2 nitrogen and oxygen atoms in total. The molecule has 1 rings (SSSR count). The summed E-state index contributed by atoms with van der Waals surface area (Å²) in [4.78, 5) is 11.0. The highest BCUT2D eigenvalue weighted by atomic mass is 32.2. The van der Waals surface area contributed by atoms with Crippen LogP contribution in [-0.4, -0.2) is 23.1 Å². The third-order valence-corrected chi connectivity index (χ3v) is 3.41. The first-order chi connectivity index (χ1) is 5.71. The highest BCUT2D eigenvalue weighted by Gasteiger charge is 2.40. The maximum Gasteiger partial charge on any atom is 0.309 e. The van der Waals surface area contributed by atoms with Crippen molar-refractivity contribution in [1.82, 2.24) is 0 Å². The van der Waals surface area contributed by atoms with Crippen LogP contribution in [0.5, 0.6) is 0 Å². The summed E-state index contributed by atoms with van der Waals surface area (Å²) in [6.07, 6.45) is 6.86. The molecule has 0 amide bonds. The van der Waals surface area contributed by atoms with Gasteiger partial charge in [-0.1, -0.05) is 12.8 Å². The van der Waals surface area contributed by atoms with Crippen molar-refractivity contribution in [3.05, 3.63) is 0 Å². The summed E-state index contributed by atoms with van der Waals surface area (Å²) < 4.78 is 0. The second kappa shape index (κ2) is 4.17. The second-order valence-corrected chi connectivity index (χ2v) is 4.52. The Bertz CT molecular complexity index is 162. The standard InChI is InChI=1S/C9H16O2S/c1-12-7-6-9(8(10)11)4-2-3-5-9/h2-7H2,1H3,(H,10,11). The predicted molar refractivity (Wildman–Crippen MR) is 51.5 cm³/mol. The molecule has 0 saturated heterocycles. The van der Waals surface area contributed by atoms with Crippen LogP contribution in [0.25, 0.3) is 0 Å². The van der Waals surface area contributed by atoms with Crippen LogP contribution in [0.2, 0.25) is 0 Å². The van der Waals surface area contributed by atoms with Gasteiger partial charge in [0, 0.05) is 0 Å². The van der Waals surface area contributed by atoms with E-state index in [2.05, 4.69) is 0 Å². The van der Waals surface area contributed by atoms with Crippen molar-refractivity contribution >= 4 is 17.7 Å². The number of carboxylic acid groups (broad SMARTS) is 1. The zero-order valence-corrected chi connectivity index (χ0v) is 8.32. The molecule has 0 aromatic carbocycles. The van der Waals surface area contributed by atoms with Gasteiger partial charge in [-0.05, 0) is 31.3 Å². The molecule has 1 N–H and O–H groups in total. The van der Waals surface area contributed by atoms with Crippen LogP contribution in [0, 0.1) is 5.41 Å². The van der Waals surface area contributed by atoms with Gasteiger partial charge in [-0.25, -0.2) is 0 Å². The molecule has 70 valence electrons. The van der Waals surface area contributed by atoms with Crippen LogP contribution in [0.1, 0.15) is 32.1 Å². The molecule has 3 heteroatoms. The Hall–Kier alpha value is -0.180. The smallest absolute Gasteiger partial charge is 0.309 e. The number of carbonyl (C=O) groups is 1. The lowest BCUT2D eigenvalue weighted by molar-refractivity contribution is -0.148. The van der Waals surface area contributed by atoms with Crippen molar-refractivity contribution in [3.8, 4) is 0 Å². The van der Waals surface area contributed by atoms with E-state index in [1.54, 1.807) is 11.8 Å². The van der Waals surface area contributed by atoms with Gasteiger partial charge >= 0.3 is 5.97 Å². The normalized spacial score (nSPS) is 21.1. The number of carboxylic acids is 1. The minimum atomic E-state index is -0.575. The minimum Gasteiger partial charge on any atom is -0.481 e. The van der Waals surface area contributed by atoms with Crippen molar-refractivity contribution in [3.63, 3.8) is 0 Å². The van der Waals surface area contributed by atoms with Crippen LogP contribution >= 0.6 is 11.8 Å². The van der Waals surface area contributed by atoms with Crippen LogP contribution in [0.3, 0.4) is 0 Å².